The van der Waals surface area contributed by atoms with Crippen LogP contribution in [0.5, 0.6) is 5.75 Å². The molecule has 4 rings (SSSR count). The number of methoxy groups -OCH3 is 1. The normalized spacial score (nSPS) is 13.8. The Labute approximate surface area is 231 Å². The van der Waals surface area contributed by atoms with E-state index in [1.165, 1.54) is 5.56 Å². The molecule has 0 aromatic heterocycles. The highest BCUT2D eigenvalue weighted by Gasteiger charge is 2.26. The summed E-state index contributed by atoms with van der Waals surface area (Å²) in [6.07, 6.45) is -0.270. The van der Waals surface area contributed by atoms with Crippen LogP contribution in [0, 0.1) is 0 Å². The lowest BCUT2D eigenvalue weighted by Crippen LogP contribution is -2.50. The maximum atomic E-state index is 13.4. The number of hydrogen-bond donors (Lipinski definition) is 1. The number of rotatable bonds is 6. The van der Waals surface area contributed by atoms with Gasteiger partial charge in [-0.25, -0.2) is 4.79 Å². The monoisotopic (exact) mass is 529 g/mol. The lowest BCUT2D eigenvalue weighted by Gasteiger charge is -2.36. The van der Waals surface area contributed by atoms with Crippen molar-refractivity contribution >= 4 is 23.4 Å². The molecule has 0 atom stereocenters. The average molecular weight is 530 g/mol. The van der Waals surface area contributed by atoms with Crippen LogP contribution in [-0.4, -0.2) is 55.8 Å². The van der Waals surface area contributed by atoms with Gasteiger partial charge in [-0.1, -0.05) is 44.2 Å². The quantitative estimate of drug-likeness (QED) is 0.380. The summed E-state index contributed by atoms with van der Waals surface area (Å²) in [5, 5.41) is 3.04. The first-order valence-electron chi connectivity index (χ1n) is 13.5. The topological polar surface area (TPSA) is 71.1 Å². The second kappa shape index (κ2) is 11.8. The molecule has 1 saturated heterocycles. The molecule has 0 aliphatic carbocycles. The molecule has 3 aromatic rings. The van der Waals surface area contributed by atoms with E-state index < -0.39 is 5.60 Å². The van der Waals surface area contributed by atoms with Gasteiger partial charge in [-0.2, -0.15) is 0 Å². The molecule has 206 valence electrons. The highest BCUT2D eigenvalue weighted by Crippen LogP contribution is 2.35. The van der Waals surface area contributed by atoms with Crippen LogP contribution >= 0.6 is 0 Å². The van der Waals surface area contributed by atoms with Crippen LogP contribution in [0.1, 0.15) is 56.5 Å². The first-order valence-corrected chi connectivity index (χ1v) is 13.5. The van der Waals surface area contributed by atoms with Crippen molar-refractivity contribution in [1.82, 2.24) is 4.90 Å². The zero-order valence-corrected chi connectivity index (χ0v) is 23.8. The van der Waals surface area contributed by atoms with Crippen molar-refractivity contribution < 1.29 is 19.1 Å². The van der Waals surface area contributed by atoms with Gasteiger partial charge >= 0.3 is 6.09 Å². The molecule has 7 nitrogen and oxygen atoms in total. The van der Waals surface area contributed by atoms with Gasteiger partial charge in [0.25, 0.3) is 5.91 Å². The zero-order valence-electron chi connectivity index (χ0n) is 23.8. The number of carbonyl (C=O) groups excluding carboxylic acids is 2. The average Bonchev–Trinajstić information content (AvgIpc) is 2.92. The number of piperazine rings is 1. The Hall–Kier alpha value is -4.00. The van der Waals surface area contributed by atoms with Crippen molar-refractivity contribution in [2.24, 2.45) is 0 Å². The van der Waals surface area contributed by atoms with Crippen LogP contribution in [0.3, 0.4) is 0 Å². The molecule has 0 spiro atoms. The first-order chi connectivity index (χ1) is 18.6. The van der Waals surface area contributed by atoms with Crippen LogP contribution in [0.25, 0.3) is 11.1 Å². The van der Waals surface area contributed by atoms with Gasteiger partial charge in [-0.3, -0.25) is 4.79 Å². The number of hydrogen-bond acceptors (Lipinski definition) is 5. The van der Waals surface area contributed by atoms with E-state index in [0.29, 0.717) is 49.1 Å². The van der Waals surface area contributed by atoms with Crippen LogP contribution < -0.4 is 15.0 Å². The zero-order chi connectivity index (χ0) is 28.2. The molecule has 1 N–H and O–H groups in total. The maximum Gasteiger partial charge on any atom is 0.410 e. The SMILES string of the molecule is COc1cccc(C(=O)Nc2ccc(N3CCN(C(=O)OC(C)(C)C)CC3)cc2)c1-c1ccc(C(C)C)cc1. The van der Waals surface area contributed by atoms with Crippen molar-refractivity contribution in [2.45, 2.75) is 46.1 Å². The summed E-state index contributed by atoms with van der Waals surface area (Å²) in [6, 6.07) is 21.6. The fraction of sp³-hybridized carbons (Fsp3) is 0.375. The van der Waals surface area contributed by atoms with Gasteiger partial charge in [0.15, 0.2) is 0 Å². The number of nitrogens with zero attached hydrogens (tertiary/aromatic N) is 2. The Bertz CT molecular complexity index is 1290. The van der Waals surface area contributed by atoms with E-state index in [4.69, 9.17) is 9.47 Å². The predicted molar refractivity (Wildman–Crippen MR) is 157 cm³/mol. The predicted octanol–water partition coefficient (Wildman–Crippen LogP) is 6.80. The summed E-state index contributed by atoms with van der Waals surface area (Å²) in [7, 11) is 1.62. The van der Waals surface area contributed by atoms with Gasteiger partial charge < -0.3 is 24.6 Å². The van der Waals surface area contributed by atoms with Crippen molar-refractivity contribution in [2.75, 3.05) is 43.5 Å². The molecular formula is C32H39N3O4. The Morgan fingerprint density at radius 3 is 2.08 bits per heavy atom. The summed E-state index contributed by atoms with van der Waals surface area (Å²) in [6.45, 7) is 12.6. The van der Waals surface area contributed by atoms with Crippen LogP contribution in [0.4, 0.5) is 16.2 Å². The third-order valence-electron chi connectivity index (χ3n) is 6.78. The molecule has 1 heterocycles. The van der Waals surface area contributed by atoms with Crippen molar-refractivity contribution in [3.63, 3.8) is 0 Å². The molecule has 1 aliphatic rings. The lowest BCUT2D eigenvalue weighted by molar-refractivity contribution is 0.0240. The minimum Gasteiger partial charge on any atom is -0.496 e. The summed E-state index contributed by atoms with van der Waals surface area (Å²) in [5.41, 5.74) is 4.75. The minimum atomic E-state index is -0.501. The Balaban J connectivity index is 1.44. The number of nitrogens with one attached hydrogen (secondary N) is 1. The molecule has 0 radical (unpaired) electrons. The van der Waals surface area contributed by atoms with E-state index in [0.717, 1.165) is 16.8 Å². The highest BCUT2D eigenvalue weighted by atomic mass is 16.6. The number of amides is 2. The van der Waals surface area contributed by atoms with Crippen LogP contribution in [-0.2, 0) is 4.74 Å². The number of carbonyl (C=O) groups is 2. The molecule has 3 aromatic carbocycles. The summed E-state index contributed by atoms with van der Waals surface area (Å²) >= 11 is 0. The second-order valence-electron chi connectivity index (χ2n) is 11.1. The largest absolute Gasteiger partial charge is 0.496 e. The summed E-state index contributed by atoms with van der Waals surface area (Å²) < 4.78 is 11.1. The van der Waals surface area contributed by atoms with E-state index in [1.807, 2.05) is 75.4 Å². The van der Waals surface area contributed by atoms with Crippen molar-refractivity contribution in [1.29, 1.82) is 0 Å². The number of ether oxygens (including phenoxy) is 2. The molecule has 0 bridgehead atoms. The molecule has 2 amide bonds. The molecule has 0 saturated carbocycles. The third-order valence-corrected chi connectivity index (χ3v) is 6.78. The first kappa shape index (κ1) is 28.0. The fourth-order valence-electron chi connectivity index (χ4n) is 4.65. The maximum absolute atomic E-state index is 13.4. The number of anilines is 2. The highest BCUT2D eigenvalue weighted by molar-refractivity contribution is 6.09. The van der Waals surface area contributed by atoms with Crippen molar-refractivity contribution in [3.05, 3.63) is 77.9 Å². The van der Waals surface area contributed by atoms with Crippen LogP contribution in [0.2, 0.25) is 0 Å². The Kier molecular flexibility index (Phi) is 8.48. The Morgan fingerprint density at radius 2 is 1.51 bits per heavy atom. The van der Waals surface area contributed by atoms with Gasteiger partial charge in [0.1, 0.15) is 11.4 Å². The van der Waals surface area contributed by atoms with E-state index >= 15 is 0 Å². The lowest BCUT2D eigenvalue weighted by atomic mass is 9.95. The van der Waals surface area contributed by atoms with Gasteiger partial charge in [-0.15, -0.1) is 0 Å². The van der Waals surface area contributed by atoms with Crippen LogP contribution in [0.15, 0.2) is 66.7 Å². The van der Waals surface area contributed by atoms with E-state index in [1.54, 1.807) is 12.0 Å². The van der Waals surface area contributed by atoms with Crippen molar-refractivity contribution in [3.8, 4) is 16.9 Å². The fourth-order valence-corrected chi connectivity index (χ4v) is 4.65. The van der Waals surface area contributed by atoms with Gasteiger partial charge in [0.2, 0.25) is 0 Å². The molecule has 0 unspecified atom stereocenters. The third kappa shape index (κ3) is 6.91. The minimum absolute atomic E-state index is 0.199. The molecule has 1 fully saturated rings. The number of benzene rings is 3. The van der Waals surface area contributed by atoms with E-state index in [-0.39, 0.29) is 12.0 Å². The Morgan fingerprint density at radius 1 is 0.872 bits per heavy atom. The standard InChI is InChI=1S/C32H39N3O4/c1-22(2)23-10-12-24(13-11-23)29-27(8-7-9-28(29)38-6)30(36)33-25-14-16-26(17-15-25)34-18-20-35(21-19-34)31(37)39-32(3,4)5/h7-17,22H,18-21H2,1-6H3,(H,33,36). The molecule has 39 heavy (non-hydrogen) atoms. The van der Waals surface area contributed by atoms with Gasteiger partial charge in [0, 0.05) is 43.1 Å². The van der Waals surface area contributed by atoms with E-state index in [9.17, 15) is 9.59 Å². The van der Waals surface area contributed by atoms with Gasteiger partial charge in [0.05, 0.1) is 12.7 Å². The smallest absolute Gasteiger partial charge is 0.410 e. The molecular weight excluding hydrogens is 490 g/mol. The molecule has 7 heteroatoms. The van der Waals surface area contributed by atoms with E-state index in [2.05, 4.69) is 36.2 Å². The van der Waals surface area contributed by atoms with Gasteiger partial charge in [-0.05, 0) is 74.2 Å². The molecule has 1 aliphatic heterocycles. The summed E-state index contributed by atoms with van der Waals surface area (Å²) in [5.74, 6) is 0.882. The second-order valence-corrected chi connectivity index (χ2v) is 11.1. The summed E-state index contributed by atoms with van der Waals surface area (Å²) in [4.78, 5) is 29.7.